The first-order valence-corrected chi connectivity index (χ1v) is 6.65. The lowest BCUT2D eigenvalue weighted by Crippen LogP contribution is -2.02. The number of imidazole rings is 1. The summed E-state index contributed by atoms with van der Waals surface area (Å²) in [5.41, 5.74) is 3.91. The molecule has 0 aliphatic carbocycles. The molecule has 0 saturated heterocycles. The molecule has 0 aliphatic rings. The fourth-order valence-electron chi connectivity index (χ4n) is 2.21. The molecule has 0 bridgehead atoms. The summed E-state index contributed by atoms with van der Waals surface area (Å²) in [6, 6.07) is 12.0. The number of alkyl halides is 1. The summed E-state index contributed by atoms with van der Waals surface area (Å²) < 4.78 is 2.03. The van der Waals surface area contributed by atoms with Crippen molar-refractivity contribution in [2.45, 2.75) is 19.2 Å². The Balaban J connectivity index is 2.38. The van der Waals surface area contributed by atoms with Gasteiger partial charge in [0.15, 0.2) is 5.65 Å². The Labute approximate surface area is 116 Å². The molecule has 2 aromatic heterocycles. The van der Waals surface area contributed by atoms with Crippen LogP contribution in [0.15, 0.2) is 42.6 Å². The molecule has 2 heterocycles. The van der Waals surface area contributed by atoms with Crippen molar-refractivity contribution < 1.29 is 0 Å². The van der Waals surface area contributed by atoms with Gasteiger partial charge in [0.1, 0.15) is 11.3 Å². The second-order valence-corrected chi connectivity index (χ2v) is 5.21. The van der Waals surface area contributed by atoms with Crippen LogP contribution in [0.4, 0.5) is 0 Å². The number of halogens is 1. The molecular formula is C15H14ClN3. The maximum atomic E-state index is 6.27. The standard InChI is InChI=1S/C15H14ClN3/c1-10-8-9-17-15-13(10)18-14(11(2)16)19(15)12-6-4-3-5-7-12/h3-9,11H,1-2H3. The van der Waals surface area contributed by atoms with Crippen molar-refractivity contribution in [3.63, 3.8) is 0 Å². The number of pyridine rings is 1. The highest BCUT2D eigenvalue weighted by molar-refractivity contribution is 6.20. The highest BCUT2D eigenvalue weighted by Crippen LogP contribution is 2.28. The molecule has 1 aromatic carbocycles. The molecule has 19 heavy (non-hydrogen) atoms. The van der Waals surface area contributed by atoms with E-state index < -0.39 is 0 Å². The normalized spacial score (nSPS) is 12.8. The molecule has 1 atom stereocenters. The van der Waals surface area contributed by atoms with E-state index in [2.05, 4.69) is 9.97 Å². The van der Waals surface area contributed by atoms with E-state index in [1.54, 1.807) is 0 Å². The zero-order valence-corrected chi connectivity index (χ0v) is 11.6. The van der Waals surface area contributed by atoms with Gasteiger partial charge in [0.2, 0.25) is 0 Å². The van der Waals surface area contributed by atoms with Crippen LogP contribution in [-0.4, -0.2) is 14.5 Å². The summed E-state index contributed by atoms with van der Waals surface area (Å²) in [6.07, 6.45) is 1.81. The fourth-order valence-corrected chi connectivity index (χ4v) is 2.36. The molecule has 1 unspecified atom stereocenters. The van der Waals surface area contributed by atoms with Gasteiger partial charge < -0.3 is 0 Å². The molecule has 4 heteroatoms. The first-order valence-electron chi connectivity index (χ1n) is 6.22. The number of aryl methyl sites for hydroxylation is 1. The Bertz CT molecular complexity index is 717. The van der Waals surface area contributed by atoms with Crippen LogP contribution in [0.25, 0.3) is 16.9 Å². The van der Waals surface area contributed by atoms with Crippen molar-refractivity contribution >= 4 is 22.8 Å². The van der Waals surface area contributed by atoms with Crippen LogP contribution in [0.3, 0.4) is 0 Å². The number of hydrogen-bond acceptors (Lipinski definition) is 2. The van der Waals surface area contributed by atoms with Crippen LogP contribution in [0.2, 0.25) is 0 Å². The maximum absolute atomic E-state index is 6.27. The number of hydrogen-bond donors (Lipinski definition) is 0. The van der Waals surface area contributed by atoms with Crippen LogP contribution in [-0.2, 0) is 0 Å². The van der Waals surface area contributed by atoms with Gasteiger partial charge in [0, 0.05) is 11.9 Å². The first kappa shape index (κ1) is 12.2. The number of benzene rings is 1. The van der Waals surface area contributed by atoms with Gasteiger partial charge in [-0.05, 0) is 37.6 Å². The molecule has 0 N–H and O–H groups in total. The molecule has 96 valence electrons. The van der Waals surface area contributed by atoms with Crippen molar-refractivity contribution in [1.82, 2.24) is 14.5 Å². The third kappa shape index (κ3) is 2.00. The highest BCUT2D eigenvalue weighted by atomic mass is 35.5. The molecular weight excluding hydrogens is 258 g/mol. The lowest BCUT2D eigenvalue weighted by molar-refractivity contribution is 0.877. The number of nitrogens with zero attached hydrogens (tertiary/aromatic N) is 3. The average Bonchev–Trinajstić information content (AvgIpc) is 2.81. The molecule has 0 fully saturated rings. The van der Waals surface area contributed by atoms with E-state index in [1.807, 2.05) is 61.0 Å². The fraction of sp³-hybridized carbons (Fsp3) is 0.200. The molecule has 3 nitrogen and oxygen atoms in total. The zero-order valence-electron chi connectivity index (χ0n) is 10.8. The van der Waals surface area contributed by atoms with E-state index >= 15 is 0 Å². The Kier molecular flexibility index (Phi) is 2.99. The lowest BCUT2D eigenvalue weighted by atomic mass is 10.2. The lowest BCUT2D eigenvalue weighted by Gasteiger charge is -2.09. The molecule has 3 aromatic rings. The minimum absolute atomic E-state index is 0.172. The van der Waals surface area contributed by atoms with Gasteiger partial charge in [0.05, 0.1) is 5.38 Å². The quantitative estimate of drug-likeness (QED) is 0.659. The van der Waals surface area contributed by atoms with Gasteiger partial charge >= 0.3 is 0 Å². The Morgan fingerprint density at radius 2 is 1.89 bits per heavy atom. The van der Waals surface area contributed by atoms with Gasteiger partial charge in [-0.25, -0.2) is 9.97 Å². The SMILES string of the molecule is Cc1ccnc2c1nc(C(C)Cl)n2-c1ccccc1. The zero-order chi connectivity index (χ0) is 13.4. The first-order chi connectivity index (χ1) is 9.18. The van der Waals surface area contributed by atoms with Gasteiger partial charge in [-0.3, -0.25) is 4.57 Å². The topological polar surface area (TPSA) is 30.7 Å². The molecule has 0 saturated carbocycles. The van der Waals surface area contributed by atoms with Crippen molar-refractivity contribution in [3.8, 4) is 5.69 Å². The minimum atomic E-state index is -0.172. The van der Waals surface area contributed by atoms with Crippen molar-refractivity contribution in [1.29, 1.82) is 0 Å². The number of aromatic nitrogens is 3. The third-order valence-electron chi connectivity index (χ3n) is 3.14. The summed E-state index contributed by atoms with van der Waals surface area (Å²) >= 11 is 6.27. The van der Waals surface area contributed by atoms with Crippen LogP contribution in [0.5, 0.6) is 0 Å². The number of para-hydroxylation sites is 1. The third-order valence-corrected chi connectivity index (χ3v) is 3.34. The monoisotopic (exact) mass is 271 g/mol. The molecule has 3 rings (SSSR count). The summed E-state index contributed by atoms with van der Waals surface area (Å²) in [5, 5.41) is -0.172. The summed E-state index contributed by atoms with van der Waals surface area (Å²) in [4.78, 5) is 9.12. The highest BCUT2D eigenvalue weighted by Gasteiger charge is 2.17. The molecule has 0 amide bonds. The number of rotatable bonds is 2. The second-order valence-electron chi connectivity index (χ2n) is 4.56. The summed E-state index contributed by atoms with van der Waals surface area (Å²) in [7, 11) is 0. The van der Waals surface area contributed by atoms with E-state index in [1.165, 1.54) is 0 Å². The smallest absolute Gasteiger partial charge is 0.164 e. The van der Waals surface area contributed by atoms with Crippen LogP contribution in [0, 0.1) is 6.92 Å². The van der Waals surface area contributed by atoms with Crippen molar-refractivity contribution in [3.05, 3.63) is 54.0 Å². The van der Waals surface area contributed by atoms with Crippen LogP contribution in [0.1, 0.15) is 23.7 Å². The van der Waals surface area contributed by atoms with Gasteiger partial charge in [-0.2, -0.15) is 0 Å². The maximum Gasteiger partial charge on any atom is 0.164 e. The second kappa shape index (κ2) is 4.67. The molecule has 0 spiro atoms. The predicted molar refractivity (Wildman–Crippen MR) is 77.9 cm³/mol. The van der Waals surface area contributed by atoms with Gasteiger partial charge in [0.25, 0.3) is 0 Å². The average molecular weight is 272 g/mol. The Morgan fingerprint density at radius 1 is 1.16 bits per heavy atom. The van der Waals surface area contributed by atoms with Gasteiger partial charge in [-0.15, -0.1) is 11.6 Å². The predicted octanol–water partition coefficient (Wildman–Crippen LogP) is 4.03. The minimum Gasteiger partial charge on any atom is -0.279 e. The van der Waals surface area contributed by atoms with E-state index in [9.17, 15) is 0 Å². The van der Waals surface area contributed by atoms with Crippen LogP contribution >= 0.6 is 11.6 Å². The van der Waals surface area contributed by atoms with Crippen molar-refractivity contribution in [2.75, 3.05) is 0 Å². The van der Waals surface area contributed by atoms with Gasteiger partial charge in [-0.1, -0.05) is 18.2 Å². The Hall–Kier alpha value is -1.87. The van der Waals surface area contributed by atoms with Crippen LogP contribution < -0.4 is 0 Å². The largest absolute Gasteiger partial charge is 0.279 e. The molecule has 0 radical (unpaired) electrons. The van der Waals surface area contributed by atoms with Crippen molar-refractivity contribution in [2.24, 2.45) is 0 Å². The van der Waals surface area contributed by atoms with E-state index in [-0.39, 0.29) is 5.38 Å². The van der Waals surface area contributed by atoms with E-state index in [4.69, 9.17) is 11.6 Å². The Morgan fingerprint density at radius 3 is 2.58 bits per heavy atom. The summed E-state index contributed by atoms with van der Waals surface area (Å²) in [5.74, 6) is 0.824. The number of fused-ring (bicyclic) bond motifs is 1. The van der Waals surface area contributed by atoms with E-state index in [0.29, 0.717) is 0 Å². The molecule has 0 aliphatic heterocycles. The summed E-state index contributed by atoms with van der Waals surface area (Å²) in [6.45, 7) is 3.96. The van der Waals surface area contributed by atoms with E-state index in [0.717, 1.165) is 28.2 Å².